The Balaban J connectivity index is 1.70. The highest BCUT2D eigenvalue weighted by Gasteiger charge is 2.18. The summed E-state index contributed by atoms with van der Waals surface area (Å²) in [6.07, 6.45) is 7.83. The van der Waals surface area contributed by atoms with E-state index in [1.807, 2.05) is 6.08 Å². The molecule has 1 aliphatic rings. The van der Waals surface area contributed by atoms with Gasteiger partial charge in [-0.15, -0.1) is 0 Å². The van der Waals surface area contributed by atoms with Crippen molar-refractivity contribution in [2.75, 3.05) is 7.11 Å². The van der Waals surface area contributed by atoms with E-state index >= 15 is 0 Å². The van der Waals surface area contributed by atoms with Crippen LogP contribution in [0.5, 0.6) is 0 Å². The summed E-state index contributed by atoms with van der Waals surface area (Å²) in [5.41, 5.74) is 3.64. The minimum Gasteiger partial charge on any atom is -0.465 e. The number of hydrazone groups is 1. The second-order valence-electron chi connectivity index (χ2n) is 6.52. The highest BCUT2D eigenvalue weighted by molar-refractivity contribution is 7.11. The lowest BCUT2D eigenvalue weighted by atomic mass is 9.94. The summed E-state index contributed by atoms with van der Waals surface area (Å²) in [4.78, 5) is 36.3. The van der Waals surface area contributed by atoms with Crippen LogP contribution in [-0.4, -0.2) is 29.8 Å². The van der Waals surface area contributed by atoms with Gasteiger partial charge in [-0.2, -0.15) is 5.10 Å². The van der Waals surface area contributed by atoms with E-state index < -0.39 is 5.97 Å². The van der Waals surface area contributed by atoms with E-state index in [0.29, 0.717) is 16.9 Å². The minimum absolute atomic E-state index is 0.0851. The van der Waals surface area contributed by atoms with Gasteiger partial charge in [0.1, 0.15) is 5.15 Å². The molecule has 0 saturated carbocycles. The highest BCUT2D eigenvalue weighted by Crippen LogP contribution is 2.20. The summed E-state index contributed by atoms with van der Waals surface area (Å²) in [6.45, 7) is 0.202. The summed E-state index contributed by atoms with van der Waals surface area (Å²) >= 11 is 7.28. The first-order valence-electron chi connectivity index (χ1n) is 9.04. The number of aromatic nitrogens is 1. The molecular weight excluding hydrogens is 414 g/mol. The fraction of sp³-hybridized carbons (Fsp3) is 0.300. The van der Waals surface area contributed by atoms with E-state index in [2.05, 4.69) is 16.6 Å². The topological polar surface area (TPSA) is 89.8 Å². The molecule has 7 nitrogen and oxygen atoms in total. The number of hydrogen-bond donors (Lipinski definition) is 1. The summed E-state index contributed by atoms with van der Waals surface area (Å²) in [5, 5.41) is 4.18. The van der Waals surface area contributed by atoms with Crippen molar-refractivity contribution in [2.45, 2.75) is 25.8 Å². The molecule has 29 heavy (non-hydrogen) atoms. The number of ether oxygens (including phenoxy) is 1. The maximum absolute atomic E-state index is 12.3. The van der Waals surface area contributed by atoms with E-state index in [-0.39, 0.29) is 28.4 Å². The van der Waals surface area contributed by atoms with Crippen LogP contribution in [0.1, 0.15) is 40.1 Å². The zero-order chi connectivity index (χ0) is 20.8. The van der Waals surface area contributed by atoms with Gasteiger partial charge in [-0.1, -0.05) is 47.2 Å². The second-order valence-corrected chi connectivity index (χ2v) is 7.87. The van der Waals surface area contributed by atoms with Crippen molar-refractivity contribution in [2.24, 2.45) is 11.0 Å². The van der Waals surface area contributed by atoms with Crippen molar-refractivity contribution in [3.05, 3.63) is 67.2 Å². The number of rotatable bonds is 6. The van der Waals surface area contributed by atoms with E-state index in [0.717, 1.165) is 29.7 Å². The molecule has 0 radical (unpaired) electrons. The lowest BCUT2D eigenvalue weighted by Gasteiger charge is -2.14. The van der Waals surface area contributed by atoms with Crippen molar-refractivity contribution in [1.29, 1.82) is 0 Å². The van der Waals surface area contributed by atoms with Gasteiger partial charge in [-0.05, 0) is 37.0 Å². The van der Waals surface area contributed by atoms with Crippen LogP contribution in [0.15, 0.2) is 46.3 Å². The van der Waals surface area contributed by atoms with Gasteiger partial charge in [0, 0.05) is 5.92 Å². The Hall–Kier alpha value is -2.71. The predicted octanol–water partition coefficient (Wildman–Crippen LogP) is 3.20. The monoisotopic (exact) mass is 433 g/mol. The van der Waals surface area contributed by atoms with E-state index in [1.54, 1.807) is 24.3 Å². The number of methoxy groups -OCH3 is 1. The van der Waals surface area contributed by atoms with Crippen molar-refractivity contribution in [3.8, 4) is 0 Å². The first-order valence-corrected chi connectivity index (χ1v) is 10.2. The number of halogens is 1. The second kappa shape index (κ2) is 9.67. The van der Waals surface area contributed by atoms with Gasteiger partial charge < -0.3 is 4.74 Å². The number of benzene rings is 1. The number of esters is 1. The van der Waals surface area contributed by atoms with E-state index in [1.165, 1.54) is 17.9 Å². The summed E-state index contributed by atoms with van der Waals surface area (Å²) in [5.74, 6) is -0.682. The number of amides is 1. The molecule has 0 bridgehead atoms. The molecule has 1 aromatic carbocycles. The molecular formula is C20H20ClN3O4S. The third kappa shape index (κ3) is 5.21. The van der Waals surface area contributed by atoms with Crippen LogP contribution in [0, 0.1) is 5.92 Å². The molecule has 1 aliphatic carbocycles. The number of thiazole rings is 1. The molecule has 1 unspecified atom stereocenters. The van der Waals surface area contributed by atoms with Gasteiger partial charge in [0.05, 0.1) is 30.3 Å². The summed E-state index contributed by atoms with van der Waals surface area (Å²) < 4.78 is 6.10. The molecule has 0 saturated heterocycles. The molecule has 1 aromatic heterocycles. The average molecular weight is 434 g/mol. The van der Waals surface area contributed by atoms with Crippen LogP contribution in [0.2, 0.25) is 5.15 Å². The van der Waals surface area contributed by atoms with Gasteiger partial charge in [0.2, 0.25) is 5.91 Å². The zero-order valence-electron chi connectivity index (χ0n) is 15.8. The largest absolute Gasteiger partial charge is 0.465 e. The average Bonchev–Trinajstić information content (AvgIpc) is 3.01. The number of carbonyl (C=O) groups excluding carboxylic acids is 2. The van der Waals surface area contributed by atoms with Crippen LogP contribution in [0.3, 0.4) is 0 Å². The van der Waals surface area contributed by atoms with Crippen molar-refractivity contribution < 1.29 is 14.3 Å². The molecule has 0 spiro atoms. The molecule has 0 fully saturated rings. The lowest BCUT2D eigenvalue weighted by molar-refractivity contribution is -0.125. The van der Waals surface area contributed by atoms with E-state index in [9.17, 15) is 14.4 Å². The van der Waals surface area contributed by atoms with Gasteiger partial charge in [-0.25, -0.2) is 10.2 Å². The zero-order valence-corrected chi connectivity index (χ0v) is 17.3. The maximum atomic E-state index is 12.3. The van der Waals surface area contributed by atoms with Crippen molar-refractivity contribution >= 4 is 41.0 Å². The third-order valence-corrected chi connectivity index (χ3v) is 5.98. The first-order chi connectivity index (χ1) is 14.0. The Morgan fingerprint density at radius 3 is 2.97 bits per heavy atom. The molecule has 1 amide bonds. The summed E-state index contributed by atoms with van der Waals surface area (Å²) in [6, 6.07) is 6.79. The Kier molecular flexibility index (Phi) is 7.00. The van der Waals surface area contributed by atoms with Gasteiger partial charge >= 0.3 is 10.8 Å². The Bertz CT molecular complexity index is 1020. The quantitative estimate of drug-likeness (QED) is 0.328. The normalized spacial score (nSPS) is 16.1. The standard InChI is InChI=1S/C20H20ClN3O4S/c1-28-19(26)15-9-5-6-13(10-15)12-24-17(21)16(29-20(24)27)11-22-23-18(25)14-7-3-2-4-8-14/h2-3,5-6,9-11,14H,4,7-8,12H2,1H3,(H,23,25)/b22-11+. The van der Waals surface area contributed by atoms with Crippen LogP contribution >= 0.6 is 22.9 Å². The predicted molar refractivity (Wildman–Crippen MR) is 113 cm³/mol. The molecule has 9 heteroatoms. The fourth-order valence-corrected chi connectivity index (χ4v) is 4.10. The molecule has 0 aliphatic heterocycles. The number of nitrogens with one attached hydrogen (secondary N) is 1. The number of hydrogen-bond acceptors (Lipinski definition) is 6. The number of allylic oxidation sites excluding steroid dienone is 2. The van der Waals surface area contributed by atoms with Crippen LogP contribution in [0.4, 0.5) is 0 Å². The molecule has 1 atom stereocenters. The Labute approximate surface area is 176 Å². The molecule has 152 valence electrons. The number of carbonyl (C=O) groups is 2. The fourth-order valence-electron chi connectivity index (χ4n) is 2.99. The lowest BCUT2D eigenvalue weighted by Crippen LogP contribution is -2.27. The minimum atomic E-state index is -0.451. The summed E-state index contributed by atoms with van der Waals surface area (Å²) in [7, 11) is 1.31. The van der Waals surface area contributed by atoms with Crippen molar-refractivity contribution in [3.63, 3.8) is 0 Å². The molecule has 1 heterocycles. The van der Waals surface area contributed by atoms with Crippen LogP contribution in [0.25, 0.3) is 0 Å². The smallest absolute Gasteiger partial charge is 0.337 e. The third-order valence-electron chi connectivity index (χ3n) is 4.54. The maximum Gasteiger partial charge on any atom is 0.337 e. The van der Waals surface area contributed by atoms with Gasteiger partial charge in [-0.3, -0.25) is 14.2 Å². The van der Waals surface area contributed by atoms with E-state index in [4.69, 9.17) is 16.3 Å². The highest BCUT2D eigenvalue weighted by atomic mass is 35.5. The number of nitrogens with zero attached hydrogens (tertiary/aromatic N) is 2. The molecule has 2 aromatic rings. The molecule has 1 N–H and O–H groups in total. The van der Waals surface area contributed by atoms with Gasteiger partial charge in [0.25, 0.3) is 0 Å². The van der Waals surface area contributed by atoms with Gasteiger partial charge in [0.15, 0.2) is 0 Å². The SMILES string of the molecule is COC(=O)c1cccc(Cn2c(Cl)c(/C=N/NC(=O)C3CC=CCC3)sc2=O)c1. The Morgan fingerprint density at radius 1 is 1.41 bits per heavy atom. The van der Waals surface area contributed by atoms with Crippen molar-refractivity contribution in [1.82, 2.24) is 9.99 Å². The first kappa shape index (κ1) is 21.0. The van der Waals surface area contributed by atoms with Crippen LogP contribution < -0.4 is 10.3 Å². The Morgan fingerprint density at radius 2 is 2.24 bits per heavy atom. The van der Waals surface area contributed by atoms with Crippen LogP contribution in [-0.2, 0) is 16.1 Å². The molecule has 3 rings (SSSR count).